The van der Waals surface area contributed by atoms with Crippen molar-refractivity contribution in [3.8, 4) is 11.3 Å². The van der Waals surface area contributed by atoms with Crippen LogP contribution in [0, 0.1) is 0 Å². The Kier molecular flexibility index (Phi) is 5.35. The number of benzene rings is 1. The van der Waals surface area contributed by atoms with Gasteiger partial charge < -0.3 is 9.64 Å². The molecular formula is C20H20F3N3O2S. The predicted octanol–water partition coefficient (Wildman–Crippen LogP) is 4.72. The summed E-state index contributed by atoms with van der Waals surface area (Å²) < 4.78 is 45.7. The molecule has 1 saturated heterocycles. The van der Waals surface area contributed by atoms with Crippen LogP contribution in [0.4, 0.5) is 13.2 Å². The number of nitrogens with zero attached hydrogens (tertiary/aromatic N) is 3. The number of hydrogen-bond donors (Lipinski definition) is 0. The molecule has 0 spiro atoms. The van der Waals surface area contributed by atoms with Crippen LogP contribution in [-0.4, -0.2) is 46.0 Å². The third kappa shape index (κ3) is 4.02. The molecule has 154 valence electrons. The summed E-state index contributed by atoms with van der Waals surface area (Å²) in [6.07, 6.45) is -0.650. The van der Waals surface area contributed by atoms with Gasteiger partial charge in [-0.05, 0) is 31.9 Å². The van der Waals surface area contributed by atoms with E-state index in [2.05, 4.69) is 4.98 Å². The summed E-state index contributed by atoms with van der Waals surface area (Å²) in [5.41, 5.74) is 0.891. The fourth-order valence-electron chi connectivity index (χ4n) is 3.46. The maximum Gasteiger partial charge on any atom is 0.416 e. The first-order valence-corrected chi connectivity index (χ1v) is 10.3. The summed E-state index contributed by atoms with van der Waals surface area (Å²) in [6.45, 7) is 3.78. The highest BCUT2D eigenvalue weighted by atomic mass is 32.1. The normalized spacial score (nSPS) is 17.2. The van der Waals surface area contributed by atoms with E-state index in [0.29, 0.717) is 35.0 Å². The van der Waals surface area contributed by atoms with Gasteiger partial charge in [0, 0.05) is 36.8 Å². The second kappa shape index (κ2) is 7.79. The molecule has 29 heavy (non-hydrogen) atoms. The molecule has 1 aliphatic rings. The molecule has 2 aromatic heterocycles. The minimum atomic E-state index is -4.38. The van der Waals surface area contributed by atoms with Gasteiger partial charge >= 0.3 is 6.18 Å². The Bertz CT molecular complexity index is 1000. The van der Waals surface area contributed by atoms with Crippen LogP contribution < -0.4 is 0 Å². The topological polar surface area (TPSA) is 46.8 Å². The second-order valence-corrected chi connectivity index (χ2v) is 7.79. The van der Waals surface area contributed by atoms with Gasteiger partial charge in [0.2, 0.25) is 0 Å². The first kappa shape index (κ1) is 19.9. The van der Waals surface area contributed by atoms with E-state index in [0.717, 1.165) is 31.6 Å². The van der Waals surface area contributed by atoms with Gasteiger partial charge in [-0.2, -0.15) is 13.2 Å². The Balaban J connectivity index is 1.59. The van der Waals surface area contributed by atoms with Crippen molar-refractivity contribution < 1.29 is 22.7 Å². The molecule has 1 aliphatic heterocycles. The fraction of sp³-hybridized carbons (Fsp3) is 0.400. The number of rotatable bonds is 5. The molecule has 1 fully saturated rings. The molecule has 3 aromatic rings. The van der Waals surface area contributed by atoms with Crippen LogP contribution in [0.3, 0.4) is 0 Å². The third-order valence-electron chi connectivity index (χ3n) is 5.05. The number of amides is 1. The van der Waals surface area contributed by atoms with Gasteiger partial charge in [0.05, 0.1) is 17.4 Å². The number of thiazole rings is 1. The Morgan fingerprint density at radius 2 is 2.10 bits per heavy atom. The van der Waals surface area contributed by atoms with Crippen LogP contribution in [0.15, 0.2) is 35.8 Å². The minimum absolute atomic E-state index is 0.0681. The number of ether oxygens (including phenoxy) is 1. The molecule has 0 saturated carbocycles. The van der Waals surface area contributed by atoms with Crippen LogP contribution in [0.2, 0.25) is 0 Å². The number of carbonyl (C=O) groups excluding carboxylic acids is 1. The second-order valence-electron chi connectivity index (χ2n) is 6.95. The first-order valence-electron chi connectivity index (χ1n) is 9.42. The number of hydrogen-bond acceptors (Lipinski definition) is 4. The van der Waals surface area contributed by atoms with Gasteiger partial charge in [-0.3, -0.25) is 9.20 Å². The Morgan fingerprint density at radius 1 is 1.34 bits per heavy atom. The quantitative estimate of drug-likeness (QED) is 0.597. The van der Waals surface area contributed by atoms with Gasteiger partial charge in [0.1, 0.15) is 5.69 Å². The average molecular weight is 423 g/mol. The molecule has 5 nitrogen and oxygen atoms in total. The molecule has 9 heteroatoms. The number of alkyl halides is 3. The van der Waals surface area contributed by atoms with Crippen LogP contribution in [0.1, 0.15) is 35.8 Å². The summed E-state index contributed by atoms with van der Waals surface area (Å²) in [4.78, 5) is 19.9. The SMILES string of the molecule is CCN(CC1CCCO1)C(=O)c1csc2nc(-c3ccc(C(F)(F)F)cc3)cn12. The maximum atomic E-state index is 13.0. The predicted molar refractivity (Wildman–Crippen MR) is 104 cm³/mol. The number of halogens is 3. The van der Waals surface area contributed by atoms with Crippen molar-refractivity contribution in [1.29, 1.82) is 0 Å². The average Bonchev–Trinajstić information content (AvgIpc) is 3.42. The molecule has 3 heterocycles. The largest absolute Gasteiger partial charge is 0.416 e. The summed E-state index contributed by atoms with van der Waals surface area (Å²) in [5.74, 6) is -0.106. The molecule has 0 bridgehead atoms. The van der Waals surface area contributed by atoms with Crippen molar-refractivity contribution in [1.82, 2.24) is 14.3 Å². The van der Waals surface area contributed by atoms with Gasteiger partial charge in [-0.1, -0.05) is 12.1 Å². The number of likely N-dealkylation sites (N-methyl/N-ethyl adjacent to an activating group) is 1. The van der Waals surface area contributed by atoms with Crippen molar-refractivity contribution in [2.75, 3.05) is 19.7 Å². The van der Waals surface area contributed by atoms with Crippen molar-refractivity contribution in [3.05, 3.63) is 47.1 Å². The summed E-state index contributed by atoms with van der Waals surface area (Å²) in [7, 11) is 0. The van der Waals surface area contributed by atoms with Crippen LogP contribution in [0.5, 0.6) is 0 Å². The van der Waals surface area contributed by atoms with E-state index in [9.17, 15) is 18.0 Å². The lowest BCUT2D eigenvalue weighted by Gasteiger charge is -2.23. The van der Waals surface area contributed by atoms with Crippen molar-refractivity contribution in [2.24, 2.45) is 0 Å². The maximum absolute atomic E-state index is 13.0. The lowest BCUT2D eigenvalue weighted by Crippen LogP contribution is -2.37. The standard InChI is InChI=1S/C20H20F3N3O2S/c1-2-25(10-15-4-3-9-28-15)18(27)17-12-29-19-24-16(11-26(17)19)13-5-7-14(8-6-13)20(21,22)23/h5-8,11-12,15H,2-4,9-10H2,1H3. The zero-order valence-electron chi connectivity index (χ0n) is 15.8. The number of fused-ring (bicyclic) bond motifs is 1. The highest BCUT2D eigenvalue weighted by Crippen LogP contribution is 2.31. The zero-order valence-corrected chi connectivity index (χ0v) is 16.6. The lowest BCUT2D eigenvalue weighted by atomic mass is 10.1. The van der Waals surface area contributed by atoms with Crippen molar-refractivity contribution in [2.45, 2.75) is 32.0 Å². The first-order chi connectivity index (χ1) is 13.9. The molecule has 1 unspecified atom stereocenters. The number of carbonyl (C=O) groups is 1. The summed E-state index contributed by atoms with van der Waals surface area (Å²) in [6, 6.07) is 4.86. The monoisotopic (exact) mass is 423 g/mol. The molecular weight excluding hydrogens is 403 g/mol. The zero-order chi connectivity index (χ0) is 20.6. The van der Waals surface area contributed by atoms with E-state index >= 15 is 0 Å². The van der Waals surface area contributed by atoms with Crippen LogP contribution in [-0.2, 0) is 10.9 Å². The third-order valence-corrected chi connectivity index (χ3v) is 5.89. The summed E-state index contributed by atoms with van der Waals surface area (Å²) >= 11 is 1.33. The van der Waals surface area contributed by atoms with E-state index in [1.165, 1.54) is 23.5 Å². The van der Waals surface area contributed by atoms with Crippen LogP contribution >= 0.6 is 11.3 Å². The van der Waals surface area contributed by atoms with Crippen molar-refractivity contribution in [3.63, 3.8) is 0 Å². The molecule has 1 amide bonds. The molecule has 0 N–H and O–H groups in total. The van der Waals surface area contributed by atoms with Crippen molar-refractivity contribution >= 4 is 22.2 Å². The fourth-order valence-corrected chi connectivity index (χ4v) is 4.31. The highest BCUT2D eigenvalue weighted by molar-refractivity contribution is 7.15. The molecule has 4 rings (SSSR count). The minimum Gasteiger partial charge on any atom is -0.376 e. The lowest BCUT2D eigenvalue weighted by molar-refractivity contribution is -0.137. The molecule has 0 aliphatic carbocycles. The number of aromatic nitrogens is 2. The Morgan fingerprint density at radius 3 is 2.72 bits per heavy atom. The Hall–Kier alpha value is -2.39. The number of imidazole rings is 1. The summed E-state index contributed by atoms with van der Waals surface area (Å²) in [5, 5.41) is 1.76. The molecule has 1 aromatic carbocycles. The van der Waals surface area contributed by atoms with Gasteiger partial charge in [-0.15, -0.1) is 11.3 Å². The van der Waals surface area contributed by atoms with Crippen LogP contribution in [0.25, 0.3) is 16.2 Å². The van der Waals surface area contributed by atoms with Gasteiger partial charge in [0.15, 0.2) is 4.96 Å². The van der Waals surface area contributed by atoms with Gasteiger partial charge in [0.25, 0.3) is 5.91 Å². The Labute approximate surface area is 169 Å². The molecule has 1 atom stereocenters. The smallest absolute Gasteiger partial charge is 0.376 e. The van der Waals surface area contributed by atoms with E-state index in [1.807, 2.05) is 6.92 Å². The van der Waals surface area contributed by atoms with Gasteiger partial charge in [-0.25, -0.2) is 4.98 Å². The van der Waals surface area contributed by atoms with E-state index < -0.39 is 11.7 Å². The van der Waals surface area contributed by atoms with E-state index in [4.69, 9.17) is 4.74 Å². The highest BCUT2D eigenvalue weighted by Gasteiger charge is 2.30. The van der Waals surface area contributed by atoms with E-state index in [-0.39, 0.29) is 12.0 Å². The molecule has 0 radical (unpaired) electrons. The van der Waals surface area contributed by atoms with E-state index in [1.54, 1.807) is 20.9 Å².